The van der Waals surface area contributed by atoms with Gasteiger partial charge in [-0.05, 0) is 36.8 Å². The topological polar surface area (TPSA) is 71.0 Å². The van der Waals surface area contributed by atoms with Gasteiger partial charge in [0.2, 0.25) is 0 Å². The van der Waals surface area contributed by atoms with Crippen LogP contribution in [0.4, 0.5) is 0 Å². The van der Waals surface area contributed by atoms with Gasteiger partial charge in [-0.3, -0.25) is 0 Å². The zero-order valence-corrected chi connectivity index (χ0v) is 12.5. The van der Waals surface area contributed by atoms with Gasteiger partial charge in [0, 0.05) is 19.7 Å². The zero-order chi connectivity index (χ0) is 15.1. The number of benzene rings is 1. The Hall–Kier alpha value is -1.30. The maximum absolute atomic E-state index is 9.94. The summed E-state index contributed by atoms with van der Waals surface area (Å²) < 4.78 is 10.8. The van der Waals surface area contributed by atoms with E-state index < -0.39 is 6.10 Å². The molecule has 1 aromatic carbocycles. The number of methoxy groups -OCH3 is 1. The minimum absolute atomic E-state index is 0.223. The van der Waals surface area contributed by atoms with E-state index in [2.05, 4.69) is 5.32 Å². The molecule has 0 amide bonds. The average molecular weight is 295 g/mol. The molecule has 1 atom stereocenters. The summed E-state index contributed by atoms with van der Waals surface area (Å²) in [5.41, 5.74) is 0.262. The Labute approximate surface area is 125 Å². The van der Waals surface area contributed by atoms with Crippen LogP contribution in [0.3, 0.4) is 0 Å². The van der Waals surface area contributed by atoms with Crippen molar-refractivity contribution in [3.8, 4) is 11.5 Å². The van der Waals surface area contributed by atoms with E-state index in [4.69, 9.17) is 14.6 Å². The summed E-state index contributed by atoms with van der Waals surface area (Å²) in [6, 6.07) is 7.39. The molecule has 1 saturated carbocycles. The minimum Gasteiger partial charge on any atom is -0.493 e. The molecule has 0 bridgehead atoms. The lowest BCUT2D eigenvalue weighted by molar-refractivity contribution is 0.103. The number of aliphatic hydroxyl groups is 2. The summed E-state index contributed by atoms with van der Waals surface area (Å²) in [4.78, 5) is 0. The highest BCUT2D eigenvalue weighted by molar-refractivity contribution is 5.39. The number of ether oxygens (including phenoxy) is 2. The van der Waals surface area contributed by atoms with Gasteiger partial charge in [0.15, 0.2) is 11.5 Å². The van der Waals surface area contributed by atoms with Crippen LogP contribution in [-0.2, 0) is 0 Å². The van der Waals surface area contributed by atoms with E-state index in [1.54, 1.807) is 7.11 Å². The molecule has 3 N–H and O–H groups in total. The van der Waals surface area contributed by atoms with Gasteiger partial charge in [-0.25, -0.2) is 0 Å². The number of hydrogen-bond acceptors (Lipinski definition) is 5. The molecule has 1 aliphatic rings. The first-order valence-electron chi connectivity index (χ1n) is 7.44. The van der Waals surface area contributed by atoms with Gasteiger partial charge in [-0.1, -0.05) is 12.1 Å². The monoisotopic (exact) mass is 295 g/mol. The normalized spacial score (nSPS) is 17.3. The molecule has 0 aromatic heterocycles. The average Bonchev–Trinajstić information content (AvgIpc) is 3.25. The first kappa shape index (κ1) is 16.1. The number of nitrogens with one attached hydrogen (secondary N) is 1. The van der Waals surface area contributed by atoms with Crippen LogP contribution in [0.1, 0.15) is 19.3 Å². The molecule has 0 radical (unpaired) electrons. The van der Waals surface area contributed by atoms with Crippen molar-refractivity contribution < 1.29 is 19.7 Å². The molecule has 0 saturated heterocycles. The van der Waals surface area contributed by atoms with Crippen molar-refractivity contribution in [3.63, 3.8) is 0 Å². The fourth-order valence-electron chi connectivity index (χ4n) is 2.42. The molecular weight excluding hydrogens is 270 g/mol. The van der Waals surface area contributed by atoms with Crippen molar-refractivity contribution in [1.29, 1.82) is 0 Å². The highest BCUT2D eigenvalue weighted by atomic mass is 16.5. The van der Waals surface area contributed by atoms with Crippen LogP contribution in [0.15, 0.2) is 24.3 Å². The maximum atomic E-state index is 9.94. The lowest BCUT2D eigenvalue weighted by Gasteiger charge is -2.18. The number of hydrogen-bond donors (Lipinski definition) is 3. The van der Waals surface area contributed by atoms with Crippen molar-refractivity contribution in [3.05, 3.63) is 24.3 Å². The first-order valence-corrected chi connectivity index (χ1v) is 7.44. The van der Waals surface area contributed by atoms with E-state index in [1.807, 2.05) is 24.3 Å². The fraction of sp³-hybridized carbons (Fsp3) is 0.625. The van der Waals surface area contributed by atoms with Crippen LogP contribution < -0.4 is 14.8 Å². The van der Waals surface area contributed by atoms with Crippen molar-refractivity contribution >= 4 is 0 Å². The predicted octanol–water partition coefficient (Wildman–Crippen LogP) is 1.19. The minimum atomic E-state index is -0.570. The highest BCUT2D eigenvalue weighted by Crippen LogP contribution is 2.47. The second kappa shape index (κ2) is 7.64. The molecule has 1 aromatic rings. The highest BCUT2D eigenvalue weighted by Gasteiger charge is 2.41. The van der Waals surface area contributed by atoms with E-state index in [-0.39, 0.29) is 18.6 Å². The Morgan fingerprint density at radius 3 is 2.62 bits per heavy atom. The molecule has 1 unspecified atom stereocenters. The molecule has 1 aliphatic carbocycles. The van der Waals surface area contributed by atoms with Crippen LogP contribution >= 0.6 is 0 Å². The lowest BCUT2D eigenvalue weighted by atomic mass is 10.0. The van der Waals surface area contributed by atoms with E-state index in [0.29, 0.717) is 18.0 Å². The molecule has 2 rings (SSSR count). The van der Waals surface area contributed by atoms with Crippen LogP contribution in [0.25, 0.3) is 0 Å². The van der Waals surface area contributed by atoms with Crippen LogP contribution in [0, 0.1) is 5.41 Å². The quantitative estimate of drug-likeness (QED) is 0.605. The van der Waals surface area contributed by atoms with E-state index in [1.165, 1.54) is 0 Å². The Morgan fingerprint density at radius 1 is 1.29 bits per heavy atom. The van der Waals surface area contributed by atoms with Crippen molar-refractivity contribution in [2.24, 2.45) is 5.41 Å². The van der Waals surface area contributed by atoms with Gasteiger partial charge in [-0.15, -0.1) is 0 Å². The molecule has 118 valence electrons. The van der Waals surface area contributed by atoms with Gasteiger partial charge < -0.3 is 25.0 Å². The zero-order valence-electron chi connectivity index (χ0n) is 12.5. The van der Waals surface area contributed by atoms with Crippen molar-refractivity contribution in [1.82, 2.24) is 5.32 Å². The van der Waals surface area contributed by atoms with Crippen LogP contribution in [0.5, 0.6) is 11.5 Å². The van der Waals surface area contributed by atoms with Gasteiger partial charge in [0.1, 0.15) is 12.7 Å². The molecule has 0 aliphatic heterocycles. The van der Waals surface area contributed by atoms with Gasteiger partial charge in [0.05, 0.1) is 7.11 Å². The van der Waals surface area contributed by atoms with Gasteiger partial charge in [-0.2, -0.15) is 0 Å². The number of rotatable bonds is 10. The first-order chi connectivity index (χ1) is 10.2. The molecule has 1 fully saturated rings. The third-order valence-corrected chi connectivity index (χ3v) is 3.98. The van der Waals surface area contributed by atoms with Gasteiger partial charge in [0.25, 0.3) is 0 Å². The summed E-state index contributed by atoms with van der Waals surface area (Å²) in [5.74, 6) is 1.30. The van der Waals surface area contributed by atoms with Crippen LogP contribution in [0.2, 0.25) is 0 Å². The summed E-state index contributed by atoms with van der Waals surface area (Å²) in [7, 11) is 1.59. The number of para-hydroxylation sites is 2. The fourth-order valence-corrected chi connectivity index (χ4v) is 2.42. The van der Waals surface area contributed by atoms with Crippen molar-refractivity contribution in [2.45, 2.75) is 25.4 Å². The molecule has 0 spiro atoms. The Kier molecular flexibility index (Phi) is 5.85. The largest absolute Gasteiger partial charge is 0.493 e. The lowest BCUT2D eigenvalue weighted by Crippen LogP contribution is -2.35. The summed E-state index contributed by atoms with van der Waals surface area (Å²) in [6.45, 7) is 1.79. The Bertz CT molecular complexity index is 434. The Morgan fingerprint density at radius 2 is 2.00 bits per heavy atom. The summed E-state index contributed by atoms with van der Waals surface area (Å²) >= 11 is 0. The molecule has 5 heteroatoms. The summed E-state index contributed by atoms with van der Waals surface area (Å²) in [5, 5.41) is 22.2. The Balaban J connectivity index is 1.67. The molecule has 0 heterocycles. The molecule has 5 nitrogen and oxygen atoms in total. The second-order valence-corrected chi connectivity index (χ2v) is 5.72. The predicted molar refractivity (Wildman–Crippen MR) is 80.7 cm³/mol. The SMILES string of the molecule is COc1ccccc1OCC(O)CNCC1(CCO)CC1. The standard InChI is InChI=1S/C16H25NO4/c1-20-14-4-2-3-5-15(14)21-11-13(19)10-17-12-16(6-7-16)8-9-18/h2-5,13,17-19H,6-12H2,1H3. The molecular formula is C16H25NO4. The second-order valence-electron chi connectivity index (χ2n) is 5.72. The third kappa shape index (κ3) is 4.88. The maximum Gasteiger partial charge on any atom is 0.161 e. The van der Waals surface area contributed by atoms with Crippen molar-refractivity contribution in [2.75, 3.05) is 33.4 Å². The van der Waals surface area contributed by atoms with E-state index >= 15 is 0 Å². The van der Waals surface area contributed by atoms with Gasteiger partial charge >= 0.3 is 0 Å². The van der Waals surface area contributed by atoms with Crippen LogP contribution in [-0.4, -0.2) is 49.7 Å². The molecule has 21 heavy (non-hydrogen) atoms. The number of aliphatic hydroxyl groups excluding tert-OH is 2. The van der Waals surface area contributed by atoms with E-state index in [0.717, 1.165) is 25.8 Å². The smallest absolute Gasteiger partial charge is 0.161 e. The summed E-state index contributed by atoms with van der Waals surface area (Å²) in [6.07, 6.45) is 2.59. The van der Waals surface area contributed by atoms with E-state index in [9.17, 15) is 5.11 Å². The third-order valence-electron chi connectivity index (χ3n) is 3.98.